The number of aliphatic carboxylic acids is 1. The van der Waals surface area contributed by atoms with E-state index in [1.54, 1.807) is 27.7 Å². The molecule has 316 valence electrons. The maximum absolute atomic E-state index is 14.5. The SMILES string of the molecule is CC1=NO[C@@]2(CC[C@H](C)N3C[C@H]2n2cc(C(=O)NCc4ccc(F)cc4F)c(=O)c(OC(=O)OCCC(C)(C)c4c(CC(=O)O)cc(C)cc4OP(=O)(O)O)c2C3=O)C1. The number of aromatic nitrogens is 1. The molecule has 2 aromatic carbocycles. The molecule has 6 rings (SSSR count). The van der Waals surface area contributed by atoms with Crippen molar-refractivity contribution in [3.05, 3.63) is 91.9 Å². The van der Waals surface area contributed by atoms with E-state index in [1.165, 1.54) is 21.6 Å². The fourth-order valence-electron chi connectivity index (χ4n) is 8.03. The lowest BCUT2D eigenvalue weighted by atomic mass is 9.77. The number of carboxylic acid groups (broad SMARTS) is 1. The van der Waals surface area contributed by atoms with E-state index in [0.29, 0.717) is 36.6 Å². The minimum absolute atomic E-state index is 0.0866. The molecule has 2 bridgehead atoms. The number of pyridine rings is 1. The molecule has 59 heavy (non-hydrogen) atoms. The molecule has 0 radical (unpaired) electrons. The predicted octanol–water partition coefficient (Wildman–Crippen LogP) is 5.06. The van der Waals surface area contributed by atoms with Crippen molar-refractivity contribution in [1.82, 2.24) is 14.8 Å². The first-order chi connectivity index (χ1) is 27.6. The molecule has 20 heteroatoms. The lowest BCUT2D eigenvalue weighted by molar-refractivity contribution is -0.136. The number of amides is 2. The molecule has 0 saturated carbocycles. The minimum Gasteiger partial charge on any atom is -0.481 e. The zero-order valence-electron chi connectivity index (χ0n) is 32.7. The number of oxime groups is 1. The quantitative estimate of drug-likeness (QED) is 0.138. The zero-order chi connectivity index (χ0) is 43.2. The number of phosphoric acid groups is 1. The van der Waals surface area contributed by atoms with Gasteiger partial charge in [-0.25, -0.2) is 18.1 Å². The summed E-state index contributed by atoms with van der Waals surface area (Å²) < 4.78 is 57.1. The predicted molar refractivity (Wildman–Crippen MR) is 203 cm³/mol. The Kier molecular flexibility index (Phi) is 11.8. The van der Waals surface area contributed by atoms with E-state index in [0.717, 1.165) is 18.3 Å². The number of aryl methyl sites for hydroxylation is 1. The van der Waals surface area contributed by atoms with Crippen molar-refractivity contribution >= 4 is 37.5 Å². The Bertz CT molecular complexity index is 2380. The molecule has 1 fully saturated rings. The van der Waals surface area contributed by atoms with Gasteiger partial charge in [0.25, 0.3) is 11.8 Å². The third-order valence-electron chi connectivity index (χ3n) is 10.8. The summed E-state index contributed by atoms with van der Waals surface area (Å²) >= 11 is 0. The van der Waals surface area contributed by atoms with Gasteiger partial charge >= 0.3 is 19.9 Å². The fourth-order valence-corrected chi connectivity index (χ4v) is 8.43. The molecule has 3 atom stereocenters. The number of carboxylic acids is 1. The highest BCUT2D eigenvalue weighted by molar-refractivity contribution is 7.46. The summed E-state index contributed by atoms with van der Waals surface area (Å²) in [7, 11) is -5.11. The topological polar surface area (TPSA) is 233 Å². The summed E-state index contributed by atoms with van der Waals surface area (Å²) in [6.07, 6.45) is 0.365. The molecule has 1 aromatic heterocycles. The second-order valence-electron chi connectivity index (χ2n) is 15.7. The lowest BCUT2D eigenvalue weighted by Gasteiger charge is -2.42. The molecule has 4 N–H and O–H groups in total. The van der Waals surface area contributed by atoms with Crippen LogP contribution in [-0.2, 0) is 37.3 Å². The maximum Gasteiger partial charge on any atom is 0.524 e. The Morgan fingerprint density at radius 3 is 2.49 bits per heavy atom. The van der Waals surface area contributed by atoms with Gasteiger partial charge in [-0.2, -0.15) is 0 Å². The average Bonchev–Trinajstić information content (AvgIpc) is 3.45. The molecule has 0 unspecified atom stereocenters. The zero-order valence-corrected chi connectivity index (χ0v) is 33.6. The van der Waals surface area contributed by atoms with Crippen molar-refractivity contribution in [3.63, 3.8) is 0 Å². The van der Waals surface area contributed by atoms with Crippen LogP contribution in [0.1, 0.15) is 103 Å². The molecular formula is C39H43F2N4O13P. The van der Waals surface area contributed by atoms with Crippen LogP contribution < -0.4 is 20.0 Å². The summed E-state index contributed by atoms with van der Waals surface area (Å²) in [4.78, 5) is 94.1. The number of hydrogen-bond donors (Lipinski definition) is 4. The van der Waals surface area contributed by atoms with Gasteiger partial charge in [0.05, 0.1) is 24.8 Å². The van der Waals surface area contributed by atoms with Crippen LogP contribution in [0.2, 0.25) is 0 Å². The van der Waals surface area contributed by atoms with Gasteiger partial charge in [0.2, 0.25) is 11.2 Å². The second kappa shape index (κ2) is 16.2. The van der Waals surface area contributed by atoms with Crippen molar-refractivity contribution in [1.29, 1.82) is 0 Å². The van der Waals surface area contributed by atoms with E-state index in [2.05, 4.69) is 10.5 Å². The Balaban J connectivity index is 1.34. The number of nitrogens with one attached hydrogen (secondary N) is 1. The fraction of sp³-hybridized carbons (Fsp3) is 0.436. The molecule has 2 amide bonds. The number of hydrogen-bond acceptors (Lipinski definition) is 11. The van der Waals surface area contributed by atoms with Crippen LogP contribution >= 0.6 is 7.82 Å². The summed E-state index contributed by atoms with van der Waals surface area (Å²) in [5.41, 5.74) is -2.89. The number of carbonyl (C=O) groups excluding carboxylic acids is 3. The number of carbonyl (C=O) groups is 4. The van der Waals surface area contributed by atoms with Crippen LogP contribution in [0, 0.1) is 18.6 Å². The number of halogens is 2. The van der Waals surface area contributed by atoms with E-state index in [1.807, 2.05) is 6.92 Å². The highest BCUT2D eigenvalue weighted by Crippen LogP contribution is 2.47. The third kappa shape index (κ3) is 9.01. The first-order valence-corrected chi connectivity index (χ1v) is 20.1. The van der Waals surface area contributed by atoms with Crippen molar-refractivity contribution in [3.8, 4) is 11.5 Å². The van der Waals surface area contributed by atoms with Gasteiger partial charge in [-0.05, 0) is 68.7 Å². The summed E-state index contributed by atoms with van der Waals surface area (Å²) in [5.74, 6) is -5.80. The Morgan fingerprint density at radius 2 is 1.85 bits per heavy atom. The molecule has 3 aromatic rings. The number of nitrogens with zero attached hydrogens (tertiary/aromatic N) is 3. The highest BCUT2D eigenvalue weighted by atomic mass is 31.2. The van der Waals surface area contributed by atoms with Crippen molar-refractivity contribution in [2.45, 2.75) is 96.4 Å². The van der Waals surface area contributed by atoms with Crippen molar-refractivity contribution in [2.24, 2.45) is 5.16 Å². The first kappa shape index (κ1) is 42.9. The molecule has 3 aliphatic rings. The van der Waals surface area contributed by atoms with Gasteiger partial charge in [0.15, 0.2) is 11.3 Å². The largest absolute Gasteiger partial charge is 0.524 e. The number of phosphoric ester groups is 1. The lowest BCUT2D eigenvalue weighted by Crippen LogP contribution is -2.52. The normalized spacial score (nSPS) is 20.0. The molecule has 0 aliphatic carbocycles. The monoisotopic (exact) mass is 844 g/mol. The summed E-state index contributed by atoms with van der Waals surface area (Å²) in [5, 5.41) is 16.2. The number of benzene rings is 2. The Hall–Kier alpha value is -5.65. The standard InChI is InChI=1S/C39H43F2N4O13P/c1-20-12-24(14-30(46)47)31(28(13-20)57-59(52,53)54)38(4,5)10-11-55-37(51)56-34-32-36(50)44-19-29(39(9-8-22(44)3)16-21(2)43-58-39)45(32)18-26(33(34)48)35(49)42-17-23-6-7-25(40)15-27(23)41/h6-7,12-13,15,18,22,29H,8-11,14,16-17,19H2,1-5H3,(H,42,49)(H,46,47)(H2,52,53,54)/t22-,29+,39-/m0/s1. The van der Waals surface area contributed by atoms with Gasteiger partial charge in [0, 0.05) is 48.9 Å². The smallest absolute Gasteiger partial charge is 0.481 e. The molecule has 1 saturated heterocycles. The Morgan fingerprint density at radius 1 is 1.12 bits per heavy atom. The molecule has 4 heterocycles. The maximum atomic E-state index is 14.5. The van der Waals surface area contributed by atoms with Gasteiger partial charge < -0.3 is 38.7 Å². The average molecular weight is 845 g/mol. The van der Waals surface area contributed by atoms with E-state index in [9.17, 15) is 52.2 Å². The Labute approximate surface area is 336 Å². The van der Waals surface area contributed by atoms with E-state index in [4.69, 9.17) is 18.8 Å². The minimum atomic E-state index is -5.11. The molecule has 3 aliphatic heterocycles. The van der Waals surface area contributed by atoms with Crippen LogP contribution in [0.3, 0.4) is 0 Å². The molecule has 1 spiro atoms. The second-order valence-corrected chi connectivity index (χ2v) is 16.8. The van der Waals surface area contributed by atoms with Gasteiger partial charge in [0.1, 0.15) is 22.9 Å². The third-order valence-corrected chi connectivity index (χ3v) is 11.3. The van der Waals surface area contributed by atoms with Crippen LogP contribution in [-0.4, -0.2) is 78.8 Å². The van der Waals surface area contributed by atoms with E-state index >= 15 is 0 Å². The summed E-state index contributed by atoms with van der Waals surface area (Å²) in [6, 6.07) is 4.54. The van der Waals surface area contributed by atoms with Crippen molar-refractivity contribution in [2.75, 3.05) is 13.2 Å². The van der Waals surface area contributed by atoms with Gasteiger partial charge in [-0.1, -0.05) is 31.1 Å². The summed E-state index contributed by atoms with van der Waals surface area (Å²) in [6.45, 7) is 7.58. The van der Waals surface area contributed by atoms with Crippen LogP contribution in [0.25, 0.3) is 0 Å². The van der Waals surface area contributed by atoms with Crippen LogP contribution in [0.4, 0.5) is 13.6 Å². The van der Waals surface area contributed by atoms with Crippen LogP contribution in [0.15, 0.2) is 46.5 Å². The number of ether oxygens (including phenoxy) is 2. The van der Waals surface area contributed by atoms with Crippen LogP contribution in [0.5, 0.6) is 11.5 Å². The van der Waals surface area contributed by atoms with Crippen molar-refractivity contribution < 1.29 is 66.3 Å². The van der Waals surface area contributed by atoms with E-state index < -0.39 is 96.8 Å². The van der Waals surface area contributed by atoms with Gasteiger partial charge in [-0.15, -0.1) is 0 Å². The van der Waals surface area contributed by atoms with E-state index in [-0.39, 0.29) is 47.1 Å². The molecular weight excluding hydrogens is 801 g/mol. The highest BCUT2D eigenvalue weighted by Gasteiger charge is 2.54. The number of rotatable bonds is 12. The molecule has 17 nitrogen and oxygen atoms in total. The van der Waals surface area contributed by atoms with Gasteiger partial charge in [-0.3, -0.25) is 29.0 Å². The first-order valence-electron chi connectivity index (χ1n) is 18.6. The number of fused-ring (bicyclic) bond motifs is 5.